The third-order valence-electron chi connectivity index (χ3n) is 8.15. The first-order valence-corrected chi connectivity index (χ1v) is 30.9. The Kier molecular flexibility index (Phi) is 20.1. The molecule has 0 aromatic carbocycles. The van der Waals surface area contributed by atoms with E-state index in [0.29, 0.717) is 38.3 Å². The number of ether oxygens (including phenoxy) is 3. The second kappa shape index (κ2) is 20.4. The molecule has 0 saturated heterocycles. The number of carbonyl (C=O) groups is 3. The van der Waals surface area contributed by atoms with Crippen LogP contribution in [0.2, 0.25) is 65.0 Å². The summed E-state index contributed by atoms with van der Waals surface area (Å²) < 4.78 is 37.3. The van der Waals surface area contributed by atoms with Crippen molar-refractivity contribution in [1.29, 1.82) is 0 Å². The maximum absolute atomic E-state index is 13.2. The second-order valence-corrected chi connectivity index (χ2v) is 35.2. The Balaban J connectivity index is 5.12. The Morgan fingerprint density at radius 3 is 1.39 bits per heavy atom. The predicted molar refractivity (Wildman–Crippen MR) is 210 cm³/mol. The third-order valence-corrected chi connectivity index (χ3v) is 20.2. The highest BCUT2D eigenvalue weighted by atomic mass is 28.5. The molecule has 13 heteroatoms. The summed E-state index contributed by atoms with van der Waals surface area (Å²) >= 11 is 0. The molecule has 0 aromatic rings. The molecule has 0 saturated carbocycles. The molecule has 0 aliphatic rings. The van der Waals surface area contributed by atoms with Crippen LogP contribution in [0.5, 0.6) is 0 Å². The van der Waals surface area contributed by atoms with Crippen LogP contribution in [0, 0.1) is 16.2 Å². The molecule has 0 fully saturated rings. The lowest BCUT2D eigenvalue weighted by atomic mass is 9.72. The summed E-state index contributed by atoms with van der Waals surface area (Å²) in [6.07, 6.45) is 8.47. The van der Waals surface area contributed by atoms with Gasteiger partial charge in [-0.05, 0) is 126 Å². The van der Waals surface area contributed by atoms with Crippen LogP contribution < -0.4 is 0 Å². The Morgan fingerprint density at radius 1 is 0.510 bits per heavy atom. The number of carbonyl (C=O) groups excluding carboxylic acids is 3. The van der Waals surface area contributed by atoms with Gasteiger partial charge in [0, 0.05) is 6.04 Å². The maximum atomic E-state index is 13.2. The average molecular weight is 765 g/mol. The van der Waals surface area contributed by atoms with Crippen LogP contribution in [-0.2, 0) is 40.9 Å². The zero-order valence-corrected chi connectivity index (χ0v) is 38.6. The minimum Gasteiger partial charge on any atom is -0.465 e. The quantitative estimate of drug-likeness (QED) is 0.0368. The minimum atomic E-state index is -3.01. The first kappa shape index (κ1) is 48.2. The highest BCUT2D eigenvalue weighted by Crippen LogP contribution is 2.39. The van der Waals surface area contributed by atoms with Gasteiger partial charge in [0.15, 0.2) is 25.0 Å². The van der Waals surface area contributed by atoms with Crippen LogP contribution in [0.3, 0.4) is 0 Å². The molecular weight excluding hydrogens is 689 g/mol. The van der Waals surface area contributed by atoms with Gasteiger partial charge in [0.2, 0.25) is 0 Å². The van der Waals surface area contributed by atoms with Crippen molar-refractivity contribution in [3.8, 4) is 0 Å². The smallest absolute Gasteiger partial charge is 0.465 e. The monoisotopic (exact) mass is 764 g/mol. The molecule has 1 atom stereocenters. The molecule has 0 aromatic heterocycles. The van der Waals surface area contributed by atoms with Gasteiger partial charge in [-0.3, -0.25) is 14.4 Å². The molecule has 0 rings (SSSR count). The molecule has 0 aliphatic carbocycles. The van der Waals surface area contributed by atoms with Crippen LogP contribution in [-0.4, -0.2) is 71.5 Å². The lowest BCUT2D eigenvalue weighted by Gasteiger charge is -2.42. The van der Waals surface area contributed by atoms with E-state index < -0.39 is 56.0 Å². The molecule has 0 spiro atoms. The molecule has 0 heterocycles. The second-order valence-electron chi connectivity index (χ2n) is 18.2. The van der Waals surface area contributed by atoms with Crippen molar-refractivity contribution in [2.75, 3.05) is 19.8 Å². The molecule has 0 bridgehead atoms. The fraction of sp³-hybridized carbons (Fsp3) is 0.917. The van der Waals surface area contributed by atoms with Gasteiger partial charge in [0.25, 0.3) is 0 Å². The summed E-state index contributed by atoms with van der Waals surface area (Å²) in [5.41, 5.74) is -2.55. The van der Waals surface area contributed by atoms with Gasteiger partial charge >= 0.3 is 26.7 Å². The molecule has 9 nitrogen and oxygen atoms in total. The minimum absolute atomic E-state index is 0.0733. The van der Waals surface area contributed by atoms with Crippen molar-refractivity contribution in [3.05, 3.63) is 0 Å². The fourth-order valence-electron chi connectivity index (χ4n) is 5.57. The van der Waals surface area contributed by atoms with Crippen LogP contribution in [0.15, 0.2) is 0 Å². The van der Waals surface area contributed by atoms with Crippen molar-refractivity contribution in [3.63, 3.8) is 0 Å². The fourth-order valence-corrected chi connectivity index (χ4v) is 20.2. The first-order chi connectivity index (χ1) is 22.1. The van der Waals surface area contributed by atoms with E-state index in [1.54, 1.807) is 27.7 Å². The lowest BCUT2D eigenvalue weighted by molar-refractivity contribution is -0.165. The largest absolute Gasteiger partial charge is 0.469 e. The standard InChI is InChI=1S/C36H76O9Si4/c1-17-19-20-21-22-23-26-41-33(39)36(7,18-2)30-35(5,6)32(38)42-28-25-34(3,4)31(37)40-27-24-29-49(43-46(8,9)10,44-47(11,12)13)45-48(14,15)16/h17-30H2,1-16H3. The van der Waals surface area contributed by atoms with Gasteiger partial charge in [0.05, 0.1) is 36.1 Å². The third kappa shape index (κ3) is 20.7. The van der Waals surface area contributed by atoms with Crippen LogP contribution >= 0.6 is 0 Å². The highest BCUT2D eigenvalue weighted by Gasteiger charge is 2.50. The highest BCUT2D eigenvalue weighted by molar-refractivity contribution is 6.90. The van der Waals surface area contributed by atoms with Gasteiger partial charge in [-0.15, -0.1) is 0 Å². The Morgan fingerprint density at radius 2 is 0.918 bits per heavy atom. The van der Waals surface area contributed by atoms with Crippen molar-refractivity contribution >= 4 is 51.7 Å². The van der Waals surface area contributed by atoms with Crippen molar-refractivity contribution in [1.82, 2.24) is 0 Å². The van der Waals surface area contributed by atoms with Crippen LogP contribution in [0.4, 0.5) is 0 Å². The number of rotatable bonds is 26. The van der Waals surface area contributed by atoms with Crippen LogP contribution in [0.25, 0.3) is 0 Å². The lowest BCUT2D eigenvalue weighted by Crippen LogP contribution is -2.60. The van der Waals surface area contributed by atoms with Gasteiger partial charge in [-0.1, -0.05) is 46.0 Å². The molecule has 0 aliphatic heterocycles. The Labute approximate surface area is 305 Å². The number of hydrogen-bond donors (Lipinski definition) is 0. The van der Waals surface area contributed by atoms with Crippen molar-refractivity contribution in [2.45, 2.75) is 178 Å². The number of esters is 3. The van der Waals surface area contributed by atoms with E-state index >= 15 is 0 Å². The summed E-state index contributed by atoms with van der Waals surface area (Å²) in [4.78, 5) is 39.4. The predicted octanol–water partition coefficient (Wildman–Crippen LogP) is 10.1. The number of hydrogen-bond acceptors (Lipinski definition) is 9. The van der Waals surface area contributed by atoms with E-state index in [4.69, 9.17) is 26.6 Å². The average Bonchev–Trinajstić information content (AvgIpc) is 2.91. The zero-order valence-electron chi connectivity index (χ0n) is 34.6. The van der Waals surface area contributed by atoms with Gasteiger partial charge in [-0.2, -0.15) is 0 Å². The summed E-state index contributed by atoms with van der Waals surface area (Å²) in [5, 5.41) is 0. The Hall–Kier alpha value is -0.842. The van der Waals surface area contributed by atoms with Crippen LogP contribution in [0.1, 0.15) is 113 Å². The molecular formula is C36H76O9Si4. The van der Waals surface area contributed by atoms with Gasteiger partial charge < -0.3 is 26.6 Å². The maximum Gasteiger partial charge on any atom is 0.469 e. The molecule has 49 heavy (non-hydrogen) atoms. The van der Waals surface area contributed by atoms with Gasteiger partial charge in [-0.25, -0.2) is 0 Å². The van der Waals surface area contributed by atoms with E-state index in [0.717, 1.165) is 19.3 Å². The SMILES string of the molecule is CCCCCCCCOC(=O)C(C)(CC)CC(C)(C)C(=O)OCCC(C)(C)C(=O)OCCC[Si](O[Si](C)(C)C)(O[Si](C)(C)C)O[Si](C)(C)C. The molecule has 0 amide bonds. The number of unbranched alkanes of at least 4 members (excludes halogenated alkanes) is 5. The normalized spacial score (nSPS) is 14.7. The van der Waals surface area contributed by atoms with E-state index in [1.807, 2.05) is 13.8 Å². The zero-order chi connectivity index (χ0) is 38.4. The Bertz CT molecular complexity index is 973. The summed E-state index contributed by atoms with van der Waals surface area (Å²) in [5.74, 6) is -1.00. The topological polar surface area (TPSA) is 107 Å². The summed E-state index contributed by atoms with van der Waals surface area (Å²) in [7, 11) is -8.98. The molecule has 290 valence electrons. The molecule has 1 unspecified atom stereocenters. The van der Waals surface area contributed by atoms with E-state index in [-0.39, 0.29) is 25.2 Å². The molecule has 0 N–H and O–H groups in total. The van der Waals surface area contributed by atoms with Crippen molar-refractivity contribution < 1.29 is 40.9 Å². The van der Waals surface area contributed by atoms with Gasteiger partial charge in [0.1, 0.15) is 0 Å². The molecule has 0 radical (unpaired) electrons. The van der Waals surface area contributed by atoms with E-state index in [2.05, 4.69) is 65.8 Å². The first-order valence-electron chi connectivity index (χ1n) is 18.7. The van der Waals surface area contributed by atoms with Crippen molar-refractivity contribution in [2.24, 2.45) is 16.2 Å². The summed E-state index contributed by atoms with van der Waals surface area (Å²) in [6, 6.07) is 0.593. The summed E-state index contributed by atoms with van der Waals surface area (Å²) in [6.45, 7) is 33.3. The van der Waals surface area contributed by atoms with E-state index in [9.17, 15) is 14.4 Å². The van der Waals surface area contributed by atoms with E-state index in [1.165, 1.54) is 19.3 Å².